The van der Waals surface area contributed by atoms with E-state index < -0.39 is 10.3 Å². The molecule has 0 aromatic carbocycles. The van der Waals surface area contributed by atoms with E-state index in [9.17, 15) is 9.00 Å². The van der Waals surface area contributed by atoms with Gasteiger partial charge >= 0.3 is 0 Å². The number of carbonyl (C=O) groups is 1. The number of halogens is 1. The van der Waals surface area contributed by atoms with Crippen molar-refractivity contribution < 1.29 is 17.6 Å². The molecule has 1 saturated heterocycles. The van der Waals surface area contributed by atoms with Crippen LogP contribution in [0.25, 0.3) is 0 Å². The van der Waals surface area contributed by atoms with Crippen molar-refractivity contribution in [1.29, 1.82) is 0 Å². The summed E-state index contributed by atoms with van der Waals surface area (Å²) in [6.07, 6.45) is 14.8. The maximum atomic E-state index is 15.1. The minimum Gasteiger partial charge on any atom is -0.363 e. The Morgan fingerprint density at radius 3 is 2.53 bits per heavy atom. The second-order valence-corrected chi connectivity index (χ2v) is 14.0. The number of carbonyl (C=O) groups excluding carboxylic acids is 1. The minimum atomic E-state index is -3.85. The Balaban J connectivity index is 1.25. The molecule has 5 nitrogen and oxygen atoms in total. The lowest BCUT2D eigenvalue weighted by Gasteiger charge is -2.61. The Hall–Kier alpha value is -0.970. The van der Waals surface area contributed by atoms with Crippen LogP contribution in [0.1, 0.15) is 78.6 Å². The lowest BCUT2D eigenvalue weighted by molar-refractivity contribution is -0.133. The number of ketones is 1. The number of terminal acetylenes is 1. The molecule has 0 aromatic heterocycles. The third-order valence-corrected chi connectivity index (χ3v) is 12.4. The second kappa shape index (κ2) is 8.85. The standard InChI is InChI=1S/C27H41FN2O3S/c1-5-14-33-21-16-30(17-21)34(28,32)29-20-10-12-26(3)19(15-20)6-7-22-24-9-8-23(18(2)31)27(24,4)13-11-25(22)26/h1,19-25H,6-17H2,2-4H3/t19?,20?,22-,23?,24?,25-,26-,27+,34?/m0/s1. The number of hydrogen-bond acceptors (Lipinski definition) is 4. The van der Waals surface area contributed by atoms with Crippen LogP contribution in [0.2, 0.25) is 0 Å². The lowest BCUT2D eigenvalue weighted by Crippen LogP contribution is -2.55. The van der Waals surface area contributed by atoms with Gasteiger partial charge in [-0.05, 0) is 99.2 Å². The first kappa shape index (κ1) is 24.7. The Kier molecular flexibility index (Phi) is 6.43. The Morgan fingerprint density at radius 2 is 1.82 bits per heavy atom. The van der Waals surface area contributed by atoms with Gasteiger partial charge in [-0.15, -0.1) is 10.3 Å². The maximum Gasteiger partial charge on any atom is 0.271 e. The van der Waals surface area contributed by atoms with Gasteiger partial charge in [0.2, 0.25) is 0 Å². The SMILES string of the molecule is C#CCOC1CN(S(=O)(F)=NC2CC[C@@]3(C)C(CC[C@H]4C5CCC(C(C)=O)[C@@]5(C)CC[C@@H]43)C2)C1. The number of hydrogen-bond donors (Lipinski definition) is 0. The number of rotatable bonds is 5. The number of ether oxygens (including phenoxy) is 1. The van der Waals surface area contributed by atoms with Gasteiger partial charge in [-0.1, -0.05) is 19.8 Å². The molecule has 5 unspecified atom stereocenters. The van der Waals surface area contributed by atoms with Crippen LogP contribution >= 0.6 is 0 Å². The quantitative estimate of drug-likeness (QED) is 0.391. The summed E-state index contributed by atoms with van der Waals surface area (Å²) >= 11 is 0. The van der Waals surface area contributed by atoms with Crippen molar-refractivity contribution in [3.63, 3.8) is 0 Å². The number of Topliss-reactive ketones (excluding diaryl/α,β-unsaturated/α-hetero) is 1. The van der Waals surface area contributed by atoms with Gasteiger partial charge in [-0.2, -0.15) is 12.9 Å². The van der Waals surface area contributed by atoms with Crippen LogP contribution in [-0.4, -0.2) is 46.1 Å². The average molecular weight is 493 g/mol. The van der Waals surface area contributed by atoms with Crippen molar-refractivity contribution in [1.82, 2.24) is 4.31 Å². The molecule has 0 bridgehead atoms. The van der Waals surface area contributed by atoms with Gasteiger partial charge in [-0.3, -0.25) is 4.79 Å². The van der Waals surface area contributed by atoms with Gasteiger partial charge in [0.25, 0.3) is 10.3 Å². The lowest BCUT2D eigenvalue weighted by atomic mass is 9.44. The summed E-state index contributed by atoms with van der Waals surface area (Å²) in [5.74, 6) is 5.63. The van der Waals surface area contributed by atoms with E-state index in [-0.39, 0.29) is 35.5 Å². The van der Waals surface area contributed by atoms with Gasteiger partial charge in [-0.25, -0.2) is 0 Å². The van der Waals surface area contributed by atoms with Crippen LogP contribution in [0, 0.1) is 52.8 Å². The number of nitrogens with zero attached hydrogens (tertiary/aromatic N) is 2. The molecule has 0 aromatic rings. The molecule has 0 spiro atoms. The zero-order valence-electron chi connectivity index (χ0n) is 21.0. The maximum absolute atomic E-state index is 15.1. The van der Waals surface area contributed by atoms with Crippen molar-refractivity contribution in [3.05, 3.63) is 0 Å². The smallest absolute Gasteiger partial charge is 0.271 e. The molecule has 34 heavy (non-hydrogen) atoms. The molecular weight excluding hydrogens is 451 g/mol. The molecule has 7 heteroatoms. The normalized spacial score (nSPS) is 46.2. The molecule has 0 radical (unpaired) electrons. The van der Waals surface area contributed by atoms with E-state index in [0.717, 1.165) is 38.5 Å². The zero-order chi connectivity index (χ0) is 24.3. The first-order chi connectivity index (χ1) is 16.1. The number of fused-ring (bicyclic) bond motifs is 5. The third kappa shape index (κ3) is 3.96. The highest BCUT2D eigenvalue weighted by molar-refractivity contribution is 7.86. The zero-order valence-corrected chi connectivity index (χ0v) is 21.8. The van der Waals surface area contributed by atoms with Crippen LogP contribution in [-0.2, 0) is 19.8 Å². The highest BCUT2D eigenvalue weighted by Crippen LogP contribution is 2.67. The summed E-state index contributed by atoms with van der Waals surface area (Å²) in [4.78, 5) is 12.4. The van der Waals surface area contributed by atoms with E-state index in [1.165, 1.54) is 23.6 Å². The Bertz CT molecular complexity index is 981. The van der Waals surface area contributed by atoms with Crippen molar-refractivity contribution in [2.45, 2.75) is 90.7 Å². The van der Waals surface area contributed by atoms with Crippen LogP contribution < -0.4 is 0 Å². The topological polar surface area (TPSA) is 59.0 Å². The monoisotopic (exact) mass is 492 g/mol. The third-order valence-electron chi connectivity index (χ3n) is 10.9. The fourth-order valence-corrected chi connectivity index (χ4v) is 10.5. The van der Waals surface area contributed by atoms with E-state index in [4.69, 9.17) is 11.2 Å². The summed E-state index contributed by atoms with van der Waals surface area (Å²) in [6.45, 7) is 7.44. The molecule has 190 valence electrons. The fourth-order valence-electron chi connectivity index (χ4n) is 9.11. The van der Waals surface area contributed by atoms with Crippen LogP contribution in [0.5, 0.6) is 0 Å². The van der Waals surface area contributed by atoms with Gasteiger partial charge in [0, 0.05) is 19.0 Å². The first-order valence-corrected chi connectivity index (χ1v) is 14.7. The predicted octanol–water partition coefficient (Wildman–Crippen LogP) is 5.20. The van der Waals surface area contributed by atoms with E-state index in [0.29, 0.717) is 42.5 Å². The summed E-state index contributed by atoms with van der Waals surface area (Å²) in [7, 11) is -3.85. The van der Waals surface area contributed by atoms with Crippen molar-refractivity contribution >= 4 is 16.1 Å². The van der Waals surface area contributed by atoms with Gasteiger partial charge in [0.05, 0.1) is 12.1 Å². The highest BCUT2D eigenvalue weighted by atomic mass is 32.3. The molecule has 0 N–H and O–H groups in total. The van der Waals surface area contributed by atoms with Gasteiger partial charge < -0.3 is 4.74 Å². The van der Waals surface area contributed by atoms with E-state index >= 15 is 3.89 Å². The molecule has 4 saturated carbocycles. The van der Waals surface area contributed by atoms with E-state index in [1.54, 1.807) is 6.92 Å². The van der Waals surface area contributed by atoms with Gasteiger partial charge in [0.1, 0.15) is 12.4 Å². The minimum absolute atomic E-state index is 0.150. The fraction of sp³-hybridized carbons (Fsp3) is 0.889. The van der Waals surface area contributed by atoms with Crippen LogP contribution in [0.3, 0.4) is 0 Å². The molecule has 4 aliphatic carbocycles. The summed E-state index contributed by atoms with van der Waals surface area (Å²) in [5.41, 5.74) is 0.439. The molecule has 1 aliphatic heterocycles. The van der Waals surface area contributed by atoms with Crippen molar-refractivity contribution in [2.75, 3.05) is 19.7 Å². The Morgan fingerprint density at radius 1 is 1.12 bits per heavy atom. The highest BCUT2D eigenvalue weighted by Gasteiger charge is 2.60. The average Bonchev–Trinajstić information content (AvgIpc) is 3.10. The van der Waals surface area contributed by atoms with Gasteiger partial charge in [0.15, 0.2) is 0 Å². The van der Waals surface area contributed by atoms with E-state index in [1.807, 2.05) is 0 Å². The van der Waals surface area contributed by atoms with E-state index in [2.05, 4.69) is 24.1 Å². The molecule has 1 heterocycles. The molecular formula is C27H41FN2O3S. The molecule has 5 rings (SSSR count). The summed E-state index contributed by atoms with van der Waals surface area (Å²) in [6, 6.07) is -0.166. The molecule has 5 fully saturated rings. The molecule has 0 amide bonds. The van der Waals surface area contributed by atoms with Crippen LogP contribution in [0.4, 0.5) is 3.89 Å². The molecule has 9 atom stereocenters. The Labute approximate surface area is 205 Å². The largest absolute Gasteiger partial charge is 0.363 e. The predicted molar refractivity (Wildman–Crippen MR) is 132 cm³/mol. The molecule has 5 aliphatic rings. The van der Waals surface area contributed by atoms with Crippen molar-refractivity contribution in [3.8, 4) is 12.3 Å². The first-order valence-electron chi connectivity index (χ1n) is 13.3. The van der Waals surface area contributed by atoms with Crippen molar-refractivity contribution in [2.24, 2.45) is 44.8 Å². The summed E-state index contributed by atoms with van der Waals surface area (Å²) < 4.78 is 38.8. The van der Waals surface area contributed by atoms with Crippen LogP contribution in [0.15, 0.2) is 4.36 Å². The second-order valence-electron chi connectivity index (χ2n) is 12.4. The summed E-state index contributed by atoms with van der Waals surface area (Å²) in [5, 5.41) is 0.